The van der Waals surface area contributed by atoms with Crippen molar-refractivity contribution in [2.24, 2.45) is 0 Å². The number of aromatic amines is 1. The highest BCUT2D eigenvalue weighted by atomic mass is 32.2. The smallest absolute Gasteiger partial charge is 0.264 e. The molecular formula is C21H17F2N3O2S. The number of imidazole rings is 1. The van der Waals surface area contributed by atoms with Gasteiger partial charge in [-0.2, -0.15) is 0 Å². The SMILES string of the molecule is O=S(=O)(Nc1cccc(CCc2nc3ccccc3[nH]2)c1)c1cc(F)ccc1F. The first-order valence-corrected chi connectivity index (χ1v) is 10.4. The first-order chi connectivity index (χ1) is 13.9. The van der Waals surface area contributed by atoms with E-state index in [1.165, 1.54) is 0 Å². The van der Waals surface area contributed by atoms with Gasteiger partial charge in [0.05, 0.1) is 11.0 Å². The van der Waals surface area contributed by atoms with Gasteiger partial charge in [-0.25, -0.2) is 22.2 Å². The van der Waals surface area contributed by atoms with Crippen LogP contribution in [0, 0.1) is 11.6 Å². The van der Waals surface area contributed by atoms with Crippen LogP contribution < -0.4 is 4.72 Å². The van der Waals surface area contributed by atoms with E-state index in [1.807, 2.05) is 30.3 Å². The van der Waals surface area contributed by atoms with Crippen molar-refractivity contribution in [3.8, 4) is 0 Å². The number of aromatic nitrogens is 2. The van der Waals surface area contributed by atoms with Gasteiger partial charge in [0.15, 0.2) is 0 Å². The Morgan fingerprint density at radius 2 is 1.76 bits per heavy atom. The predicted molar refractivity (Wildman–Crippen MR) is 107 cm³/mol. The molecule has 29 heavy (non-hydrogen) atoms. The Morgan fingerprint density at radius 3 is 2.59 bits per heavy atom. The minimum Gasteiger partial charge on any atom is -0.342 e. The summed E-state index contributed by atoms with van der Waals surface area (Å²) in [4.78, 5) is 7.04. The van der Waals surface area contributed by atoms with E-state index in [9.17, 15) is 17.2 Å². The monoisotopic (exact) mass is 413 g/mol. The highest BCUT2D eigenvalue weighted by molar-refractivity contribution is 7.92. The minimum absolute atomic E-state index is 0.274. The fraction of sp³-hybridized carbons (Fsp3) is 0.0952. The maximum atomic E-state index is 13.8. The number of sulfonamides is 1. The molecule has 0 aliphatic rings. The maximum absolute atomic E-state index is 13.8. The average molecular weight is 413 g/mol. The molecule has 0 fully saturated rings. The second-order valence-electron chi connectivity index (χ2n) is 6.58. The van der Waals surface area contributed by atoms with Crippen molar-refractivity contribution >= 4 is 26.7 Å². The molecule has 8 heteroatoms. The summed E-state index contributed by atoms with van der Waals surface area (Å²) in [7, 11) is -4.25. The van der Waals surface area contributed by atoms with Crippen LogP contribution in [0.5, 0.6) is 0 Å². The number of fused-ring (bicyclic) bond motifs is 1. The largest absolute Gasteiger partial charge is 0.342 e. The standard InChI is InChI=1S/C21H17F2N3O2S/c22-15-9-10-17(23)20(13-15)29(27,28)26-16-5-3-4-14(12-16)8-11-21-24-18-6-1-2-7-19(18)25-21/h1-7,9-10,12-13,26H,8,11H2,(H,24,25). The molecule has 4 rings (SSSR count). The van der Waals surface area contributed by atoms with Crippen LogP contribution >= 0.6 is 0 Å². The van der Waals surface area contributed by atoms with Crippen molar-refractivity contribution < 1.29 is 17.2 Å². The first kappa shape index (κ1) is 19.1. The number of benzene rings is 3. The van der Waals surface area contributed by atoms with Gasteiger partial charge in [-0.15, -0.1) is 0 Å². The lowest BCUT2D eigenvalue weighted by Gasteiger charge is -2.10. The van der Waals surface area contributed by atoms with Gasteiger partial charge in [-0.1, -0.05) is 24.3 Å². The van der Waals surface area contributed by atoms with E-state index in [-0.39, 0.29) is 5.69 Å². The molecule has 1 aromatic heterocycles. The third-order valence-corrected chi connectivity index (χ3v) is 5.85. The zero-order chi connectivity index (χ0) is 20.4. The van der Waals surface area contributed by atoms with Crippen LogP contribution in [-0.2, 0) is 22.9 Å². The number of nitrogens with zero attached hydrogens (tertiary/aromatic N) is 1. The summed E-state index contributed by atoms with van der Waals surface area (Å²) in [6, 6.07) is 16.8. The topological polar surface area (TPSA) is 74.8 Å². The molecule has 0 aliphatic heterocycles. The van der Waals surface area contributed by atoms with Gasteiger partial charge in [-0.3, -0.25) is 4.72 Å². The van der Waals surface area contributed by atoms with Gasteiger partial charge in [0.25, 0.3) is 10.0 Å². The van der Waals surface area contributed by atoms with Crippen LogP contribution in [0.15, 0.2) is 71.6 Å². The lowest BCUT2D eigenvalue weighted by atomic mass is 10.1. The zero-order valence-electron chi connectivity index (χ0n) is 15.2. The average Bonchev–Trinajstić information content (AvgIpc) is 3.11. The Kier molecular flexibility index (Phi) is 5.02. The predicted octanol–water partition coefficient (Wildman–Crippen LogP) is 4.43. The van der Waals surface area contributed by atoms with Crippen LogP contribution in [0.1, 0.15) is 11.4 Å². The molecule has 0 atom stereocenters. The summed E-state index contributed by atoms with van der Waals surface area (Å²) >= 11 is 0. The summed E-state index contributed by atoms with van der Waals surface area (Å²) in [6.45, 7) is 0. The number of halogens is 2. The Labute approximate surface area is 166 Å². The molecule has 0 aliphatic carbocycles. The zero-order valence-corrected chi connectivity index (χ0v) is 16.0. The van der Waals surface area contributed by atoms with Gasteiger partial charge < -0.3 is 4.98 Å². The number of aryl methyl sites for hydroxylation is 2. The molecule has 0 amide bonds. The van der Waals surface area contributed by atoms with Gasteiger partial charge in [0.2, 0.25) is 0 Å². The molecule has 148 valence electrons. The highest BCUT2D eigenvalue weighted by Gasteiger charge is 2.20. The van der Waals surface area contributed by atoms with Crippen molar-refractivity contribution in [2.45, 2.75) is 17.7 Å². The molecule has 3 aromatic carbocycles. The Hall–Kier alpha value is -3.26. The Balaban J connectivity index is 1.50. The molecule has 1 heterocycles. The van der Waals surface area contributed by atoms with Crippen LogP contribution in [0.4, 0.5) is 14.5 Å². The van der Waals surface area contributed by atoms with Gasteiger partial charge in [-0.05, 0) is 54.4 Å². The summed E-state index contributed by atoms with van der Waals surface area (Å²) < 4.78 is 54.4. The summed E-state index contributed by atoms with van der Waals surface area (Å²) in [5, 5.41) is 0. The van der Waals surface area contributed by atoms with Gasteiger partial charge in [0.1, 0.15) is 22.4 Å². The quantitative estimate of drug-likeness (QED) is 0.491. The fourth-order valence-electron chi connectivity index (χ4n) is 3.07. The van der Waals surface area contributed by atoms with Crippen LogP contribution in [-0.4, -0.2) is 18.4 Å². The van der Waals surface area contributed by atoms with Crippen molar-refractivity contribution in [1.82, 2.24) is 9.97 Å². The summed E-state index contributed by atoms with van der Waals surface area (Å²) in [6.07, 6.45) is 1.27. The van der Waals surface area contributed by atoms with E-state index in [1.54, 1.807) is 18.2 Å². The summed E-state index contributed by atoms with van der Waals surface area (Å²) in [5.41, 5.74) is 3.00. The first-order valence-electron chi connectivity index (χ1n) is 8.91. The van der Waals surface area contributed by atoms with E-state index >= 15 is 0 Å². The molecule has 2 N–H and O–H groups in total. The van der Waals surface area contributed by atoms with E-state index in [4.69, 9.17) is 0 Å². The van der Waals surface area contributed by atoms with E-state index < -0.39 is 26.6 Å². The molecule has 0 saturated carbocycles. The normalized spacial score (nSPS) is 11.7. The molecule has 5 nitrogen and oxygen atoms in total. The maximum Gasteiger partial charge on any atom is 0.264 e. The lowest BCUT2D eigenvalue weighted by Crippen LogP contribution is -2.15. The van der Waals surface area contributed by atoms with Crippen LogP contribution in [0.2, 0.25) is 0 Å². The molecule has 0 bridgehead atoms. The van der Waals surface area contributed by atoms with E-state index in [0.29, 0.717) is 18.9 Å². The van der Waals surface area contributed by atoms with Crippen molar-refractivity contribution in [2.75, 3.05) is 4.72 Å². The number of hydrogen-bond donors (Lipinski definition) is 2. The van der Waals surface area contributed by atoms with Crippen molar-refractivity contribution in [1.29, 1.82) is 0 Å². The molecule has 0 radical (unpaired) electrons. The Morgan fingerprint density at radius 1 is 0.931 bits per heavy atom. The van der Waals surface area contributed by atoms with Crippen molar-refractivity contribution in [3.05, 3.63) is 89.8 Å². The molecule has 4 aromatic rings. The second-order valence-corrected chi connectivity index (χ2v) is 8.23. The van der Waals surface area contributed by atoms with Crippen molar-refractivity contribution in [3.63, 3.8) is 0 Å². The van der Waals surface area contributed by atoms with E-state index in [0.717, 1.165) is 34.6 Å². The second kappa shape index (κ2) is 7.63. The van der Waals surface area contributed by atoms with Gasteiger partial charge in [0, 0.05) is 12.1 Å². The number of rotatable bonds is 6. The number of H-pyrrole nitrogens is 1. The molecule has 0 saturated heterocycles. The minimum atomic E-state index is -4.25. The molecular weight excluding hydrogens is 396 g/mol. The number of para-hydroxylation sites is 2. The number of anilines is 1. The van der Waals surface area contributed by atoms with Crippen LogP contribution in [0.25, 0.3) is 11.0 Å². The van der Waals surface area contributed by atoms with Gasteiger partial charge >= 0.3 is 0 Å². The molecule has 0 spiro atoms. The lowest BCUT2D eigenvalue weighted by molar-refractivity contribution is 0.555. The highest BCUT2D eigenvalue weighted by Crippen LogP contribution is 2.21. The number of nitrogens with one attached hydrogen (secondary N) is 2. The molecule has 0 unspecified atom stereocenters. The summed E-state index contributed by atoms with van der Waals surface area (Å²) in [5.74, 6) is -1.01. The Bertz CT molecular complexity index is 1250. The van der Waals surface area contributed by atoms with E-state index in [2.05, 4.69) is 14.7 Å². The third kappa shape index (κ3) is 4.27. The fourth-order valence-corrected chi connectivity index (χ4v) is 4.21. The third-order valence-electron chi connectivity index (χ3n) is 4.45. The number of hydrogen-bond acceptors (Lipinski definition) is 3. The van der Waals surface area contributed by atoms with Crippen LogP contribution in [0.3, 0.4) is 0 Å².